The van der Waals surface area contributed by atoms with Crippen LogP contribution in [0.5, 0.6) is 0 Å². The van der Waals surface area contributed by atoms with Gasteiger partial charge >= 0.3 is 17.9 Å². The zero-order chi connectivity index (χ0) is 30.4. The van der Waals surface area contributed by atoms with Gasteiger partial charge in [0.25, 0.3) is 0 Å². The van der Waals surface area contributed by atoms with Crippen LogP contribution in [0.15, 0.2) is 12.3 Å². The molecule has 0 fully saturated rings. The van der Waals surface area contributed by atoms with E-state index < -0.39 is 17.9 Å². The molecule has 240 valence electrons. The molecule has 0 radical (unpaired) electrons. The molecule has 3 N–H and O–H groups in total. The van der Waals surface area contributed by atoms with Gasteiger partial charge in [-0.1, -0.05) is 116 Å². The van der Waals surface area contributed by atoms with E-state index in [1.165, 1.54) is 109 Å². The highest BCUT2D eigenvalue weighted by molar-refractivity contribution is 5.67. The molecule has 0 saturated carbocycles. The maximum absolute atomic E-state index is 11.1. The van der Waals surface area contributed by atoms with Crippen molar-refractivity contribution in [1.29, 1.82) is 0 Å². The smallest absolute Gasteiger partial charge is 0.303 e. The maximum atomic E-state index is 11.1. The first-order valence-electron chi connectivity index (χ1n) is 17.0. The van der Waals surface area contributed by atoms with E-state index >= 15 is 0 Å². The minimum atomic E-state index is -0.845. The fourth-order valence-electron chi connectivity index (χ4n) is 5.66. The van der Waals surface area contributed by atoms with E-state index in [1.54, 1.807) is 0 Å². The molecular formula is C34H64NO6+. The van der Waals surface area contributed by atoms with Crippen LogP contribution in [0.2, 0.25) is 0 Å². The number of carbonyl (C=O) groups is 3. The van der Waals surface area contributed by atoms with Gasteiger partial charge in [0.15, 0.2) is 0 Å². The summed E-state index contributed by atoms with van der Waals surface area (Å²) in [6.07, 6.45) is 31.1. The Labute approximate surface area is 251 Å². The normalized spacial score (nSPS) is 11.8. The second-order valence-corrected chi connectivity index (χ2v) is 12.1. The third kappa shape index (κ3) is 28.0. The highest BCUT2D eigenvalue weighted by Crippen LogP contribution is 2.18. The molecule has 0 spiro atoms. The number of quaternary nitrogens is 1. The number of hydrogen-bond acceptors (Lipinski definition) is 3. The number of aliphatic carboxylic acids is 3. The molecule has 0 unspecified atom stereocenters. The fraction of sp³-hybridized carbons (Fsp3) is 0.853. The van der Waals surface area contributed by atoms with Gasteiger partial charge in [0, 0.05) is 19.3 Å². The topological polar surface area (TPSA) is 112 Å². The first kappa shape index (κ1) is 39.1. The molecule has 0 heterocycles. The lowest BCUT2D eigenvalue weighted by molar-refractivity contribution is -0.880. The second-order valence-electron chi connectivity index (χ2n) is 12.1. The molecule has 0 aromatic heterocycles. The van der Waals surface area contributed by atoms with E-state index in [0.29, 0.717) is 43.4 Å². The molecule has 0 aromatic carbocycles. The molecule has 0 aliphatic carbocycles. The summed E-state index contributed by atoms with van der Waals surface area (Å²) in [7, 11) is 0. The summed E-state index contributed by atoms with van der Waals surface area (Å²) in [5.74, 6) is -2.54. The lowest BCUT2D eigenvalue weighted by Gasteiger charge is -2.35. The highest BCUT2D eigenvalue weighted by Gasteiger charge is 2.25. The van der Waals surface area contributed by atoms with E-state index in [0.717, 1.165) is 12.8 Å². The molecular weight excluding hydrogens is 518 g/mol. The van der Waals surface area contributed by atoms with Crippen LogP contribution in [0.1, 0.15) is 167 Å². The average molecular weight is 583 g/mol. The van der Waals surface area contributed by atoms with E-state index in [2.05, 4.69) is 19.2 Å². The zero-order valence-corrected chi connectivity index (χ0v) is 26.5. The van der Waals surface area contributed by atoms with Gasteiger partial charge < -0.3 is 15.3 Å². The van der Waals surface area contributed by atoms with Crippen LogP contribution >= 0.6 is 0 Å². The Bertz CT molecular complexity index is 628. The van der Waals surface area contributed by atoms with Gasteiger partial charge in [-0.05, 0) is 18.9 Å². The number of carboxylic acids is 3. The van der Waals surface area contributed by atoms with Crippen LogP contribution in [-0.4, -0.2) is 57.3 Å². The minimum Gasteiger partial charge on any atom is -0.481 e. The first-order chi connectivity index (χ1) is 19.8. The van der Waals surface area contributed by atoms with E-state index in [9.17, 15) is 14.4 Å². The largest absolute Gasteiger partial charge is 0.481 e. The predicted molar refractivity (Wildman–Crippen MR) is 168 cm³/mol. The van der Waals surface area contributed by atoms with Crippen molar-refractivity contribution < 1.29 is 34.2 Å². The van der Waals surface area contributed by atoms with Crippen LogP contribution in [0.3, 0.4) is 0 Å². The second kappa shape index (κ2) is 28.2. The summed E-state index contributed by atoms with van der Waals surface area (Å²) >= 11 is 0. The molecule has 0 aliphatic heterocycles. The van der Waals surface area contributed by atoms with Crippen LogP contribution in [0.4, 0.5) is 0 Å². The van der Waals surface area contributed by atoms with Crippen molar-refractivity contribution in [1.82, 2.24) is 0 Å². The Morgan fingerprint density at radius 2 is 0.756 bits per heavy atom. The van der Waals surface area contributed by atoms with Crippen LogP contribution in [-0.2, 0) is 14.4 Å². The summed E-state index contributed by atoms with van der Waals surface area (Å²) in [4.78, 5) is 33.2. The first-order valence-corrected chi connectivity index (χ1v) is 17.0. The number of carboxylic acid groups (broad SMARTS) is 3. The molecule has 0 bridgehead atoms. The van der Waals surface area contributed by atoms with Gasteiger partial charge in [0.2, 0.25) is 0 Å². The highest BCUT2D eigenvalue weighted by atomic mass is 16.4. The molecule has 7 heteroatoms. The van der Waals surface area contributed by atoms with Crippen LogP contribution in [0, 0.1) is 0 Å². The fourth-order valence-corrected chi connectivity index (χ4v) is 5.66. The van der Waals surface area contributed by atoms with Gasteiger partial charge in [0.05, 0.1) is 45.1 Å². The third-order valence-corrected chi connectivity index (χ3v) is 8.13. The Balaban J connectivity index is 4.14. The minimum absolute atomic E-state index is 0.0605. The van der Waals surface area contributed by atoms with Gasteiger partial charge in [-0.25, -0.2) is 0 Å². The number of nitrogens with zero attached hydrogens (tertiary/aromatic N) is 1. The maximum Gasteiger partial charge on any atom is 0.303 e. The molecule has 7 nitrogen and oxygen atoms in total. The van der Waals surface area contributed by atoms with E-state index in [4.69, 9.17) is 15.3 Å². The summed E-state index contributed by atoms with van der Waals surface area (Å²) in [5, 5.41) is 27.2. The lowest BCUT2D eigenvalue weighted by Crippen LogP contribution is -2.45. The standard InChI is InChI=1S/C34H63NO6/c1-2-3-4-5-6-7-8-9-10-11-12-13-14-15-16-17-18-19-20-21-28-35(29-22-25-32(36)37,30-23-26-33(38)39)31-24-27-34(40)41/h21,28H,2-20,22-27,29-31H2,1H3,(H2-,36,37,38,39,40,41)/p+1/b28-21+. The van der Waals surface area contributed by atoms with Crippen molar-refractivity contribution in [3.63, 3.8) is 0 Å². The zero-order valence-electron chi connectivity index (χ0n) is 26.5. The molecule has 0 aromatic rings. The van der Waals surface area contributed by atoms with Crippen LogP contribution < -0.4 is 0 Å². The van der Waals surface area contributed by atoms with Crippen molar-refractivity contribution >= 4 is 17.9 Å². The van der Waals surface area contributed by atoms with Crippen molar-refractivity contribution in [2.45, 2.75) is 167 Å². The monoisotopic (exact) mass is 582 g/mol. The summed E-state index contributed by atoms with van der Waals surface area (Å²) < 4.78 is 0.465. The molecule has 0 saturated heterocycles. The summed E-state index contributed by atoms with van der Waals surface area (Å²) in [5.41, 5.74) is 0. The molecule has 0 amide bonds. The average Bonchev–Trinajstić information content (AvgIpc) is 2.91. The number of hydrogen-bond donors (Lipinski definition) is 3. The van der Waals surface area contributed by atoms with Crippen LogP contribution in [0.25, 0.3) is 0 Å². The van der Waals surface area contributed by atoms with Gasteiger partial charge in [0.1, 0.15) is 0 Å². The number of allylic oxidation sites excluding steroid dienone is 1. The van der Waals surface area contributed by atoms with Crippen molar-refractivity contribution in [3.05, 3.63) is 12.3 Å². The van der Waals surface area contributed by atoms with Crippen molar-refractivity contribution in [3.8, 4) is 0 Å². The Morgan fingerprint density at radius 3 is 1.05 bits per heavy atom. The molecule has 0 rings (SSSR count). The number of unbranched alkanes of at least 4 members (excludes halogenated alkanes) is 18. The summed E-state index contributed by atoms with van der Waals surface area (Å²) in [6, 6.07) is 0. The number of rotatable bonds is 32. The Kier molecular flexibility index (Phi) is 26.9. The lowest BCUT2D eigenvalue weighted by atomic mass is 10.0. The van der Waals surface area contributed by atoms with Crippen molar-refractivity contribution in [2.24, 2.45) is 0 Å². The Hall–Kier alpha value is -1.89. The summed E-state index contributed by atoms with van der Waals surface area (Å²) in [6.45, 7) is 4.03. The van der Waals surface area contributed by atoms with Gasteiger partial charge in [-0.3, -0.25) is 18.9 Å². The van der Waals surface area contributed by atoms with Gasteiger partial charge in [-0.2, -0.15) is 0 Å². The Morgan fingerprint density at radius 1 is 0.463 bits per heavy atom. The third-order valence-electron chi connectivity index (χ3n) is 8.13. The molecule has 41 heavy (non-hydrogen) atoms. The molecule has 0 atom stereocenters. The van der Waals surface area contributed by atoms with E-state index in [-0.39, 0.29) is 19.3 Å². The SMILES string of the molecule is CCCCCCCCCCCCCCCCCCCC/C=C/[N+](CCCC(=O)O)(CCCC(=O)O)CCCC(=O)O. The quantitative estimate of drug-likeness (QED) is 0.0538. The van der Waals surface area contributed by atoms with Gasteiger partial charge in [-0.15, -0.1) is 0 Å². The predicted octanol–water partition coefficient (Wildman–Crippen LogP) is 9.34. The molecule has 0 aliphatic rings. The van der Waals surface area contributed by atoms with E-state index in [1.807, 2.05) is 0 Å². The van der Waals surface area contributed by atoms with Crippen molar-refractivity contribution in [2.75, 3.05) is 19.6 Å².